The molecular formula is C21H17ClN2. The van der Waals surface area contributed by atoms with Gasteiger partial charge in [0.15, 0.2) is 0 Å². The van der Waals surface area contributed by atoms with Crippen molar-refractivity contribution in [3.05, 3.63) is 95.1 Å². The van der Waals surface area contributed by atoms with Crippen molar-refractivity contribution < 1.29 is 0 Å². The van der Waals surface area contributed by atoms with Crippen molar-refractivity contribution >= 4 is 29.9 Å². The predicted octanol–water partition coefficient (Wildman–Crippen LogP) is 4.96. The van der Waals surface area contributed by atoms with Crippen molar-refractivity contribution in [3.63, 3.8) is 0 Å². The Hall–Kier alpha value is -2.84. The first kappa shape index (κ1) is 16.0. The SMILES string of the molecule is Cl.N=C(N)c1ccc(C=C2c3ccccc3-c3ccccc32)cc1. The van der Waals surface area contributed by atoms with Gasteiger partial charge in [0.2, 0.25) is 0 Å². The number of nitrogen functional groups attached to an aromatic ring is 1. The fraction of sp³-hybridized carbons (Fsp3) is 0. The number of halogens is 1. The molecule has 0 saturated heterocycles. The van der Waals surface area contributed by atoms with Crippen LogP contribution in [0.1, 0.15) is 22.3 Å². The van der Waals surface area contributed by atoms with E-state index in [4.69, 9.17) is 11.1 Å². The summed E-state index contributed by atoms with van der Waals surface area (Å²) in [6.07, 6.45) is 2.20. The van der Waals surface area contributed by atoms with Crippen LogP contribution in [-0.4, -0.2) is 5.84 Å². The zero-order chi connectivity index (χ0) is 15.8. The molecule has 3 heteroatoms. The van der Waals surface area contributed by atoms with Crippen LogP contribution in [0.2, 0.25) is 0 Å². The van der Waals surface area contributed by atoms with Crippen LogP contribution in [0.25, 0.3) is 22.8 Å². The molecular weight excluding hydrogens is 316 g/mol. The minimum Gasteiger partial charge on any atom is -0.384 e. The van der Waals surface area contributed by atoms with Crippen LogP contribution >= 0.6 is 12.4 Å². The van der Waals surface area contributed by atoms with E-state index in [0.29, 0.717) is 0 Å². The van der Waals surface area contributed by atoms with Gasteiger partial charge >= 0.3 is 0 Å². The fourth-order valence-corrected chi connectivity index (χ4v) is 3.13. The molecule has 0 aromatic heterocycles. The van der Waals surface area contributed by atoms with E-state index in [1.54, 1.807) is 0 Å². The van der Waals surface area contributed by atoms with Gasteiger partial charge in [-0.2, -0.15) is 0 Å². The van der Waals surface area contributed by atoms with E-state index in [-0.39, 0.29) is 18.2 Å². The quantitative estimate of drug-likeness (QED) is 0.395. The Kier molecular flexibility index (Phi) is 4.24. The largest absolute Gasteiger partial charge is 0.384 e. The lowest BCUT2D eigenvalue weighted by Crippen LogP contribution is -2.10. The molecule has 0 aliphatic heterocycles. The van der Waals surface area contributed by atoms with Crippen molar-refractivity contribution in [1.29, 1.82) is 5.41 Å². The fourth-order valence-electron chi connectivity index (χ4n) is 3.13. The van der Waals surface area contributed by atoms with Crippen LogP contribution in [-0.2, 0) is 0 Å². The molecule has 0 heterocycles. The topological polar surface area (TPSA) is 49.9 Å². The molecule has 0 radical (unpaired) electrons. The van der Waals surface area contributed by atoms with Crippen LogP contribution < -0.4 is 5.73 Å². The maximum atomic E-state index is 7.49. The number of nitrogens with two attached hydrogens (primary N) is 1. The summed E-state index contributed by atoms with van der Waals surface area (Å²) in [5, 5.41) is 7.49. The molecule has 3 aromatic carbocycles. The number of hydrogen-bond acceptors (Lipinski definition) is 1. The van der Waals surface area contributed by atoms with Gasteiger partial charge in [-0.1, -0.05) is 72.8 Å². The average Bonchev–Trinajstić information content (AvgIpc) is 2.90. The van der Waals surface area contributed by atoms with Crippen molar-refractivity contribution in [3.8, 4) is 11.1 Å². The number of amidine groups is 1. The smallest absolute Gasteiger partial charge is 0.122 e. The van der Waals surface area contributed by atoms with E-state index in [9.17, 15) is 0 Å². The van der Waals surface area contributed by atoms with Crippen molar-refractivity contribution in [2.24, 2.45) is 5.73 Å². The molecule has 4 rings (SSSR count). The first-order chi connectivity index (χ1) is 11.2. The van der Waals surface area contributed by atoms with Gasteiger partial charge in [-0.3, -0.25) is 5.41 Å². The summed E-state index contributed by atoms with van der Waals surface area (Å²) in [6.45, 7) is 0. The molecule has 3 N–H and O–H groups in total. The number of fused-ring (bicyclic) bond motifs is 3. The predicted molar refractivity (Wildman–Crippen MR) is 104 cm³/mol. The summed E-state index contributed by atoms with van der Waals surface area (Å²) in [5.41, 5.74) is 13.7. The maximum Gasteiger partial charge on any atom is 0.122 e. The monoisotopic (exact) mass is 332 g/mol. The van der Waals surface area contributed by atoms with Gasteiger partial charge in [-0.05, 0) is 39.5 Å². The third-order valence-corrected chi connectivity index (χ3v) is 4.26. The Morgan fingerprint density at radius 2 is 1.17 bits per heavy atom. The maximum absolute atomic E-state index is 7.49. The van der Waals surface area contributed by atoms with Gasteiger partial charge in [0.25, 0.3) is 0 Å². The van der Waals surface area contributed by atoms with Crippen LogP contribution in [0.3, 0.4) is 0 Å². The molecule has 1 aliphatic rings. The molecule has 1 aliphatic carbocycles. The molecule has 0 spiro atoms. The van der Waals surface area contributed by atoms with Gasteiger partial charge in [-0.25, -0.2) is 0 Å². The minimum absolute atomic E-state index is 0. The molecule has 0 saturated carbocycles. The second-order valence-corrected chi connectivity index (χ2v) is 5.68. The summed E-state index contributed by atoms with van der Waals surface area (Å²) < 4.78 is 0. The van der Waals surface area contributed by atoms with Crippen molar-refractivity contribution in [2.45, 2.75) is 0 Å². The Morgan fingerprint density at radius 1 is 0.708 bits per heavy atom. The Balaban J connectivity index is 0.00000169. The lowest BCUT2D eigenvalue weighted by Gasteiger charge is -2.04. The molecule has 118 valence electrons. The molecule has 24 heavy (non-hydrogen) atoms. The van der Waals surface area contributed by atoms with E-state index in [1.165, 1.54) is 27.8 Å². The Labute approximate surface area is 147 Å². The van der Waals surface area contributed by atoms with Crippen molar-refractivity contribution in [1.82, 2.24) is 0 Å². The van der Waals surface area contributed by atoms with Crippen LogP contribution in [0, 0.1) is 5.41 Å². The van der Waals surface area contributed by atoms with Crippen molar-refractivity contribution in [2.75, 3.05) is 0 Å². The summed E-state index contributed by atoms with van der Waals surface area (Å²) in [4.78, 5) is 0. The van der Waals surface area contributed by atoms with Gasteiger partial charge in [0, 0.05) is 5.56 Å². The number of rotatable bonds is 2. The van der Waals surface area contributed by atoms with Crippen LogP contribution in [0.4, 0.5) is 0 Å². The van der Waals surface area contributed by atoms with E-state index >= 15 is 0 Å². The highest BCUT2D eigenvalue weighted by Gasteiger charge is 2.21. The lowest BCUT2D eigenvalue weighted by atomic mass is 10.0. The van der Waals surface area contributed by atoms with Gasteiger partial charge < -0.3 is 5.73 Å². The second-order valence-electron chi connectivity index (χ2n) is 5.68. The third kappa shape index (κ3) is 2.61. The minimum atomic E-state index is 0. The Bertz CT molecular complexity index is 893. The lowest BCUT2D eigenvalue weighted by molar-refractivity contribution is 1.42. The molecule has 0 bridgehead atoms. The average molecular weight is 333 g/mol. The highest BCUT2D eigenvalue weighted by atomic mass is 35.5. The molecule has 3 aromatic rings. The molecule has 2 nitrogen and oxygen atoms in total. The number of hydrogen-bond donors (Lipinski definition) is 2. The summed E-state index contributed by atoms with van der Waals surface area (Å²) >= 11 is 0. The zero-order valence-electron chi connectivity index (χ0n) is 13.0. The molecule has 0 amide bonds. The highest BCUT2D eigenvalue weighted by molar-refractivity contribution is 6.06. The summed E-state index contributed by atoms with van der Waals surface area (Å²) in [7, 11) is 0. The summed E-state index contributed by atoms with van der Waals surface area (Å²) in [5.74, 6) is 0.0979. The Morgan fingerprint density at radius 3 is 1.62 bits per heavy atom. The van der Waals surface area contributed by atoms with Gasteiger partial charge in [0.1, 0.15) is 5.84 Å². The van der Waals surface area contributed by atoms with Crippen LogP contribution in [0.5, 0.6) is 0 Å². The van der Waals surface area contributed by atoms with E-state index in [0.717, 1.165) is 11.1 Å². The number of nitrogens with one attached hydrogen (secondary N) is 1. The third-order valence-electron chi connectivity index (χ3n) is 4.26. The first-order valence-corrected chi connectivity index (χ1v) is 7.59. The van der Waals surface area contributed by atoms with E-state index in [1.807, 2.05) is 24.3 Å². The second kappa shape index (κ2) is 6.34. The molecule has 0 fully saturated rings. The molecule has 0 unspecified atom stereocenters. The standard InChI is InChI=1S/C21H16N2.ClH/c22-21(23)15-11-9-14(10-12-15)13-20-18-7-3-1-5-16(18)17-6-2-4-8-19(17)20;/h1-13H,(H3,22,23);1H. The summed E-state index contributed by atoms with van der Waals surface area (Å²) in [6, 6.07) is 24.8. The number of benzene rings is 3. The molecule has 0 atom stereocenters. The normalized spacial score (nSPS) is 11.2. The first-order valence-electron chi connectivity index (χ1n) is 7.59. The van der Waals surface area contributed by atoms with Crippen LogP contribution in [0.15, 0.2) is 72.8 Å². The van der Waals surface area contributed by atoms with E-state index in [2.05, 4.69) is 54.6 Å². The highest BCUT2D eigenvalue weighted by Crippen LogP contribution is 2.44. The van der Waals surface area contributed by atoms with Gasteiger partial charge in [-0.15, -0.1) is 12.4 Å². The van der Waals surface area contributed by atoms with Gasteiger partial charge in [0.05, 0.1) is 0 Å². The van der Waals surface area contributed by atoms with E-state index < -0.39 is 0 Å². The zero-order valence-corrected chi connectivity index (χ0v) is 13.8.